The van der Waals surface area contributed by atoms with Gasteiger partial charge in [0.05, 0.1) is 12.1 Å². The molecule has 0 aromatic heterocycles. The van der Waals surface area contributed by atoms with Crippen molar-refractivity contribution in [3.8, 4) is 5.75 Å². The first-order chi connectivity index (χ1) is 17.3. The minimum Gasteiger partial charge on any atom is -0.508 e. The highest BCUT2D eigenvalue weighted by Crippen LogP contribution is 2.13. The molecule has 0 fully saturated rings. The standard InChI is InChI=1S/C25H41N5O7/c1-14(2)12-18(27)22(33)29-20(13-16-7-9-17(32)10-8-16)24(35)28-19(6-4-5-11-26)23(34)30-21(15(3)31)25(36)37/h7-10,14-15,18-21,31-32H,4-6,11-13,26-27H2,1-3H3,(H,28,35)(H,29,33)(H,30,34)(H,36,37). The topological polar surface area (TPSA) is 217 Å². The van der Waals surface area contributed by atoms with Gasteiger partial charge in [0.2, 0.25) is 17.7 Å². The van der Waals surface area contributed by atoms with Gasteiger partial charge in [-0.3, -0.25) is 14.4 Å². The largest absolute Gasteiger partial charge is 0.508 e. The molecule has 1 aromatic carbocycles. The average Bonchev–Trinajstić information content (AvgIpc) is 2.81. The monoisotopic (exact) mass is 523 g/mol. The summed E-state index contributed by atoms with van der Waals surface area (Å²) in [5.41, 5.74) is 12.2. The molecule has 0 aliphatic heterocycles. The van der Waals surface area contributed by atoms with E-state index in [0.717, 1.165) is 0 Å². The third kappa shape index (κ3) is 11.6. The van der Waals surface area contributed by atoms with Crippen molar-refractivity contribution in [2.24, 2.45) is 17.4 Å². The van der Waals surface area contributed by atoms with E-state index >= 15 is 0 Å². The van der Waals surface area contributed by atoms with Crippen LogP contribution in [-0.2, 0) is 25.6 Å². The van der Waals surface area contributed by atoms with E-state index in [-0.39, 0.29) is 24.5 Å². The van der Waals surface area contributed by atoms with Crippen molar-refractivity contribution in [3.63, 3.8) is 0 Å². The summed E-state index contributed by atoms with van der Waals surface area (Å²) in [4.78, 5) is 50.3. The molecule has 0 saturated heterocycles. The smallest absolute Gasteiger partial charge is 0.328 e. The van der Waals surface area contributed by atoms with Gasteiger partial charge in [0.15, 0.2) is 6.04 Å². The molecule has 0 aliphatic carbocycles. The minimum atomic E-state index is -1.57. The number of amides is 3. The molecule has 1 rings (SSSR count). The SMILES string of the molecule is CC(C)CC(N)C(=O)NC(Cc1ccc(O)cc1)C(=O)NC(CCCCN)C(=O)NC(C(=O)O)C(C)O. The lowest BCUT2D eigenvalue weighted by Crippen LogP contribution is -2.58. The molecule has 0 aliphatic rings. The summed E-state index contributed by atoms with van der Waals surface area (Å²) < 4.78 is 0. The van der Waals surface area contributed by atoms with Gasteiger partial charge in [-0.05, 0) is 62.8 Å². The van der Waals surface area contributed by atoms with Crippen molar-refractivity contribution in [1.29, 1.82) is 0 Å². The molecule has 0 radical (unpaired) electrons. The van der Waals surface area contributed by atoms with Crippen LogP contribution in [0.4, 0.5) is 0 Å². The quantitative estimate of drug-likeness (QED) is 0.129. The number of phenols is 1. The maximum atomic E-state index is 13.3. The van der Waals surface area contributed by atoms with Crippen LogP contribution in [0.25, 0.3) is 0 Å². The fraction of sp³-hybridized carbons (Fsp3) is 0.600. The number of aliphatic hydroxyl groups is 1. The lowest BCUT2D eigenvalue weighted by atomic mass is 10.0. The number of hydrogen-bond donors (Lipinski definition) is 8. The van der Waals surface area contributed by atoms with Crippen molar-refractivity contribution in [1.82, 2.24) is 16.0 Å². The number of unbranched alkanes of at least 4 members (excludes halogenated alkanes) is 1. The summed E-state index contributed by atoms with van der Waals surface area (Å²) in [6, 6.07) is 1.44. The van der Waals surface area contributed by atoms with Crippen LogP contribution in [0.3, 0.4) is 0 Å². The number of carbonyl (C=O) groups is 4. The number of nitrogens with two attached hydrogens (primary N) is 2. The molecular formula is C25H41N5O7. The van der Waals surface area contributed by atoms with Crippen LogP contribution >= 0.6 is 0 Å². The Hall–Kier alpha value is -3.22. The second-order valence-corrected chi connectivity index (χ2v) is 9.58. The number of aromatic hydroxyl groups is 1. The molecular weight excluding hydrogens is 482 g/mol. The van der Waals surface area contributed by atoms with Crippen molar-refractivity contribution in [2.45, 2.75) is 83.1 Å². The van der Waals surface area contributed by atoms with Crippen LogP contribution in [0.2, 0.25) is 0 Å². The number of hydrogen-bond acceptors (Lipinski definition) is 8. The van der Waals surface area contributed by atoms with Crippen LogP contribution in [0.15, 0.2) is 24.3 Å². The zero-order chi connectivity index (χ0) is 28.1. The average molecular weight is 524 g/mol. The van der Waals surface area contributed by atoms with Gasteiger partial charge in [-0.15, -0.1) is 0 Å². The maximum Gasteiger partial charge on any atom is 0.328 e. The first-order valence-corrected chi connectivity index (χ1v) is 12.4. The van der Waals surface area contributed by atoms with Gasteiger partial charge in [-0.1, -0.05) is 26.0 Å². The zero-order valence-corrected chi connectivity index (χ0v) is 21.6. The highest BCUT2D eigenvalue weighted by Gasteiger charge is 2.32. The molecule has 0 bridgehead atoms. The van der Waals surface area contributed by atoms with E-state index in [2.05, 4.69) is 16.0 Å². The third-order valence-corrected chi connectivity index (χ3v) is 5.70. The maximum absolute atomic E-state index is 13.3. The lowest BCUT2D eigenvalue weighted by molar-refractivity contribution is -0.145. The first kappa shape index (κ1) is 31.8. The molecule has 37 heavy (non-hydrogen) atoms. The fourth-order valence-corrected chi connectivity index (χ4v) is 3.65. The number of benzene rings is 1. The van der Waals surface area contributed by atoms with Gasteiger partial charge in [0.1, 0.15) is 17.8 Å². The zero-order valence-electron chi connectivity index (χ0n) is 21.6. The molecule has 0 saturated carbocycles. The van der Waals surface area contributed by atoms with Crippen molar-refractivity contribution >= 4 is 23.7 Å². The molecule has 0 heterocycles. The summed E-state index contributed by atoms with van der Waals surface area (Å²) in [7, 11) is 0. The number of carbonyl (C=O) groups excluding carboxylic acids is 3. The molecule has 5 unspecified atom stereocenters. The van der Waals surface area contributed by atoms with E-state index in [4.69, 9.17) is 11.5 Å². The highest BCUT2D eigenvalue weighted by atomic mass is 16.4. The van der Waals surface area contributed by atoms with Crippen LogP contribution in [0, 0.1) is 5.92 Å². The number of phenolic OH excluding ortho intramolecular Hbond substituents is 1. The second kappa shape index (κ2) is 15.8. The number of nitrogens with one attached hydrogen (secondary N) is 3. The molecule has 0 spiro atoms. The third-order valence-electron chi connectivity index (χ3n) is 5.70. The van der Waals surface area contributed by atoms with Gasteiger partial charge < -0.3 is 42.7 Å². The van der Waals surface area contributed by atoms with Crippen molar-refractivity contribution in [3.05, 3.63) is 29.8 Å². The number of carboxylic acid groups (broad SMARTS) is 1. The van der Waals surface area contributed by atoms with E-state index in [9.17, 15) is 34.5 Å². The van der Waals surface area contributed by atoms with E-state index < -0.39 is 54.0 Å². The normalized spacial score (nSPS) is 15.2. The number of aliphatic carboxylic acids is 1. The molecule has 12 nitrogen and oxygen atoms in total. The molecule has 208 valence electrons. The Labute approximate surface area is 217 Å². The molecule has 12 heteroatoms. The van der Waals surface area contributed by atoms with E-state index in [1.54, 1.807) is 12.1 Å². The van der Waals surface area contributed by atoms with Gasteiger partial charge in [-0.2, -0.15) is 0 Å². The molecule has 5 atom stereocenters. The Kier molecular flexibility index (Phi) is 13.6. The lowest BCUT2D eigenvalue weighted by Gasteiger charge is -2.26. The molecule has 3 amide bonds. The molecule has 1 aromatic rings. The van der Waals surface area contributed by atoms with Crippen LogP contribution < -0.4 is 27.4 Å². The van der Waals surface area contributed by atoms with Gasteiger partial charge in [0.25, 0.3) is 0 Å². The van der Waals surface area contributed by atoms with Gasteiger partial charge in [-0.25, -0.2) is 4.79 Å². The highest BCUT2D eigenvalue weighted by molar-refractivity contribution is 5.94. The Morgan fingerprint density at radius 2 is 1.46 bits per heavy atom. The van der Waals surface area contributed by atoms with E-state index in [1.807, 2.05) is 13.8 Å². The Balaban J connectivity index is 3.14. The van der Waals surface area contributed by atoms with Crippen molar-refractivity contribution in [2.75, 3.05) is 6.54 Å². The van der Waals surface area contributed by atoms with E-state index in [0.29, 0.717) is 31.4 Å². The summed E-state index contributed by atoms with van der Waals surface area (Å²) in [5.74, 6) is -3.23. The number of rotatable bonds is 16. The van der Waals surface area contributed by atoms with Crippen LogP contribution in [0.5, 0.6) is 5.75 Å². The van der Waals surface area contributed by atoms with Crippen LogP contribution in [0.1, 0.15) is 52.0 Å². The predicted octanol–water partition coefficient (Wildman–Crippen LogP) is -0.643. The summed E-state index contributed by atoms with van der Waals surface area (Å²) in [6.07, 6.45) is 0.277. The first-order valence-electron chi connectivity index (χ1n) is 12.4. The molecule has 10 N–H and O–H groups in total. The number of aliphatic hydroxyl groups excluding tert-OH is 1. The Morgan fingerprint density at radius 1 is 0.892 bits per heavy atom. The predicted molar refractivity (Wildman–Crippen MR) is 137 cm³/mol. The summed E-state index contributed by atoms with van der Waals surface area (Å²) in [6.45, 7) is 5.41. The van der Waals surface area contributed by atoms with Gasteiger partial charge >= 0.3 is 5.97 Å². The van der Waals surface area contributed by atoms with Crippen LogP contribution in [-0.4, -0.2) is 75.8 Å². The fourth-order valence-electron chi connectivity index (χ4n) is 3.65. The Bertz CT molecular complexity index is 892. The minimum absolute atomic E-state index is 0.0375. The second-order valence-electron chi connectivity index (χ2n) is 9.58. The summed E-state index contributed by atoms with van der Waals surface area (Å²) in [5, 5.41) is 36.1. The Morgan fingerprint density at radius 3 is 1.97 bits per heavy atom. The van der Waals surface area contributed by atoms with E-state index in [1.165, 1.54) is 19.1 Å². The summed E-state index contributed by atoms with van der Waals surface area (Å²) >= 11 is 0. The van der Waals surface area contributed by atoms with Gasteiger partial charge in [0, 0.05) is 6.42 Å². The number of carboxylic acids is 1. The van der Waals surface area contributed by atoms with Crippen molar-refractivity contribution < 1.29 is 34.5 Å².